The summed E-state index contributed by atoms with van der Waals surface area (Å²) in [5, 5.41) is 3.48. The number of thiophene rings is 1. The van der Waals surface area contributed by atoms with E-state index in [2.05, 4.69) is 49.5 Å². The number of benzene rings is 1. The molecule has 1 nitrogen and oxygen atoms in total. The van der Waals surface area contributed by atoms with Crippen molar-refractivity contribution in [2.45, 2.75) is 33.2 Å². The fourth-order valence-corrected chi connectivity index (χ4v) is 3.28. The smallest absolute Gasteiger partial charge is 0.0931 e. The second kappa shape index (κ2) is 7.82. The molecular weight excluding hydrogens is 286 g/mol. The molecule has 2 aromatic rings. The van der Waals surface area contributed by atoms with Crippen molar-refractivity contribution in [2.24, 2.45) is 5.92 Å². The molecule has 0 unspecified atom stereocenters. The van der Waals surface area contributed by atoms with E-state index in [0.29, 0.717) is 0 Å². The maximum absolute atomic E-state index is 5.92. The van der Waals surface area contributed by atoms with E-state index in [1.165, 1.54) is 16.0 Å². The van der Waals surface area contributed by atoms with Gasteiger partial charge in [0.15, 0.2) is 0 Å². The first-order chi connectivity index (χ1) is 9.63. The van der Waals surface area contributed by atoms with Crippen molar-refractivity contribution in [3.8, 4) is 0 Å². The van der Waals surface area contributed by atoms with Crippen molar-refractivity contribution in [1.29, 1.82) is 0 Å². The second-order valence-electron chi connectivity index (χ2n) is 5.55. The SMILES string of the molecule is CC(C)Cc1ccc(CNCCc2ccc(Cl)s2)cc1. The average Bonchev–Trinajstić information content (AvgIpc) is 2.82. The quantitative estimate of drug-likeness (QED) is 0.715. The normalized spacial score (nSPS) is 11.2. The van der Waals surface area contributed by atoms with Crippen LogP contribution in [0.5, 0.6) is 0 Å². The fraction of sp³-hybridized carbons (Fsp3) is 0.412. The van der Waals surface area contributed by atoms with Crippen LogP contribution in [0.4, 0.5) is 0 Å². The van der Waals surface area contributed by atoms with Crippen molar-refractivity contribution in [2.75, 3.05) is 6.54 Å². The Hall–Kier alpha value is -0.830. The summed E-state index contributed by atoms with van der Waals surface area (Å²) < 4.78 is 0.876. The maximum Gasteiger partial charge on any atom is 0.0931 e. The maximum atomic E-state index is 5.92. The van der Waals surface area contributed by atoms with Gasteiger partial charge < -0.3 is 5.32 Å². The van der Waals surface area contributed by atoms with Crippen LogP contribution in [0.15, 0.2) is 36.4 Å². The molecule has 108 valence electrons. The number of nitrogens with one attached hydrogen (secondary N) is 1. The molecule has 3 heteroatoms. The lowest BCUT2D eigenvalue weighted by Gasteiger charge is -2.07. The molecule has 0 radical (unpaired) electrons. The Balaban J connectivity index is 1.71. The molecule has 0 spiro atoms. The number of halogens is 1. The number of hydrogen-bond acceptors (Lipinski definition) is 2. The summed E-state index contributed by atoms with van der Waals surface area (Å²) in [6.45, 7) is 6.43. The summed E-state index contributed by atoms with van der Waals surface area (Å²) in [4.78, 5) is 1.34. The van der Waals surface area contributed by atoms with E-state index >= 15 is 0 Å². The van der Waals surface area contributed by atoms with E-state index in [-0.39, 0.29) is 0 Å². The van der Waals surface area contributed by atoms with Gasteiger partial charge in [0.25, 0.3) is 0 Å². The molecule has 0 aliphatic carbocycles. The van der Waals surface area contributed by atoms with Gasteiger partial charge in [0.05, 0.1) is 4.34 Å². The van der Waals surface area contributed by atoms with Gasteiger partial charge in [0.2, 0.25) is 0 Å². The summed E-state index contributed by atoms with van der Waals surface area (Å²) in [7, 11) is 0. The molecule has 0 bridgehead atoms. The monoisotopic (exact) mass is 307 g/mol. The largest absolute Gasteiger partial charge is 0.312 e. The highest BCUT2D eigenvalue weighted by Crippen LogP contribution is 2.21. The third-order valence-corrected chi connectivity index (χ3v) is 4.46. The summed E-state index contributed by atoms with van der Waals surface area (Å²) in [5.74, 6) is 0.719. The van der Waals surface area contributed by atoms with Gasteiger partial charge in [-0.25, -0.2) is 0 Å². The molecule has 0 fully saturated rings. The molecule has 1 N–H and O–H groups in total. The molecule has 0 saturated carbocycles. The minimum Gasteiger partial charge on any atom is -0.312 e. The molecule has 20 heavy (non-hydrogen) atoms. The van der Waals surface area contributed by atoms with Crippen molar-refractivity contribution in [3.63, 3.8) is 0 Å². The van der Waals surface area contributed by atoms with Gasteiger partial charge in [0.1, 0.15) is 0 Å². The van der Waals surface area contributed by atoms with Crippen LogP contribution in [0.25, 0.3) is 0 Å². The van der Waals surface area contributed by atoms with Crippen LogP contribution < -0.4 is 5.32 Å². The minimum absolute atomic E-state index is 0.719. The van der Waals surface area contributed by atoms with Gasteiger partial charge in [-0.2, -0.15) is 0 Å². The van der Waals surface area contributed by atoms with Crippen LogP contribution in [0.2, 0.25) is 4.34 Å². The first kappa shape index (κ1) is 15.6. The first-order valence-corrected chi connectivity index (χ1v) is 8.35. The van der Waals surface area contributed by atoms with Gasteiger partial charge in [-0.3, -0.25) is 0 Å². The third kappa shape index (κ3) is 5.28. The lowest BCUT2D eigenvalue weighted by molar-refractivity contribution is 0.646. The number of hydrogen-bond donors (Lipinski definition) is 1. The van der Waals surface area contributed by atoms with E-state index in [0.717, 1.165) is 36.2 Å². The van der Waals surface area contributed by atoms with Crippen LogP contribution in [0.3, 0.4) is 0 Å². The lowest BCUT2D eigenvalue weighted by atomic mass is 10.0. The Morgan fingerprint density at radius 2 is 1.75 bits per heavy atom. The zero-order valence-corrected chi connectivity index (χ0v) is 13.7. The lowest BCUT2D eigenvalue weighted by Crippen LogP contribution is -2.16. The minimum atomic E-state index is 0.719. The van der Waals surface area contributed by atoms with Crippen molar-refractivity contribution >= 4 is 22.9 Å². The standard InChI is InChI=1S/C17H22ClNS/c1-13(2)11-14-3-5-15(6-4-14)12-19-10-9-16-7-8-17(18)20-16/h3-8,13,19H,9-12H2,1-2H3. The Morgan fingerprint density at radius 1 is 1.05 bits per heavy atom. The van der Waals surface area contributed by atoms with Crippen molar-refractivity contribution in [3.05, 3.63) is 56.7 Å². The molecule has 0 amide bonds. The Labute approximate surface area is 131 Å². The molecule has 0 saturated heterocycles. The van der Waals surface area contributed by atoms with Crippen molar-refractivity contribution < 1.29 is 0 Å². The summed E-state index contributed by atoms with van der Waals surface area (Å²) in [6, 6.07) is 13.0. The molecule has 0 atom stereocenters. The zero-order valence-electron chi connectivity index (χ0n) is 12.2. The molecule has 1 aromatic heterocycles. The fourth-order valence-electron chi connectivity index (χ4n) is 2.20. The van der Waals surface area contributed by atoms with E-state index < -0.39 is 0 Å². The van der Waals surface area contributed by atoms with Gasteiger partial charge in [-0.1, -0.05) is 49.7 Å². The van der Waals surface area contributed by atoms with Gasteiger partial charge in [0, 0.05) is 18.0 Å². The molecule has 1 heterocycles. The van der Waals surface area contributed by atoms with Crippen LogP contribution in [-0.2, 0) is 19.4 Å². The number of rotatable bonds is 7. The Bertz CT molecular complexity index is 516. The molecule has 0 aliphatic rings. The van der Waals surface area contributed by atoms with Crippen molar-refractivity contribution in [1.82, 2.24) is 5.32 Å². The Morgan fingerprint density at radius 3 is 2.35 bits per heavy atom. The summed E-state index contributed by atoms with van der Waals surface area (Å²) >= 11 is 7.58. The predicted molar refractivity (Wildman–Crippen MR) is 89.7 cm³/mol. The highest BCUT2D eigenvalue weighted by Gasteiger charge is 2.00. The second-order valence-corrected chi connectivity index (χ2v) is 7.35. The average molecular weight is 308 g/mol. The van der Waals surface area contributed by atoms with Crippen LogP contribution in [0.1, 0.15) is 29.9 Å². The first-order valence-electron chi connectivity index (χ1n) is 7.16. The summed E-state index contributed by atoms with van der Waals surface area (Å²) in [5.41, 5.74) is 2.78. The molecule has 2 rings (SSSR count). The van der Waals surface area contributed by atoms with Gasteiger partial charge in [-0.15, -0.1) is 11.3 Å². The van der Waals surface area contributed by atoms with Gasteiger partial charge in [-0.05, 0) is 42.0 Å². The van der Waals surface area contributed by atoms with E-state index in [9.17, 15) is 0 Å². The Kier molecular flexibility index (Phi) is 6.08. The van der Waals surface area contributed by atoms with E-state index in [4.69, 9.17) is 11.6 Å². The highest BCUT2D eigenvalue weighted by atomic mass is 35.5. The third-order valence-electron chi connectivity index (χ3n) is 3.17. The predicted octanol–water partition coefficient (Wildman–Crippen LogP) is 4.93. The van der Waals surface area contributed by atoms with Gasteiger partial charge >= 0.3 is 0 Å². The molecule has 1 aromatic carbocycles. The summed E-state index contributed by atoms with van der Waals surface area (Å²) in [6.07, 6.45) is 2.20. The van der Waals surface area contributed by atoms with Crippen LogP contribution in [-0.4, -0.2) is 6.54 Å². The van der Waals surface area contributed by atoms with E-state index in [1.54, 1.807) is 11.3 Å². The van der Waals surface area contributed by atoms with Crippen LogP contribution in [0, 0.1) is 5.92 Å². The van der Waals surface area contributed by atoms with Crippen LogP contribution >= 0.6 is 22.9 Å². The van der Waals surface area contributed by atoms with E-state index in [1.807, 2.05) is 6.07 Å². The molecular formula is C17H22ClNS. The topological polar surface area (TPSA) is 12.0 Å². The zero-order chi connectivity index (χ0) is 14.4. The molecule has 0 aliphatic heterocycles. The highest BCUT2D eigenvalue weighted by molar-refractivity contribution is 7.16.